The molecule has 15 heavy (non-hydrogen) atoms. The summed E-state index contributed by atoms with van der Waals surface area (Å²) in [5.41, 5.74) is 3.12. The number of aryl methyl sites for hydroxylation is 1. The summed E-state index contributed by atoms with van der Waals surface area (Å²) in [4.78, 5) is 11.9. The average molecular weight is 204 g/mol. The lowest BCUT2D eigenvalue weighted by molar-refractivity contribution is 0.0950. The number of ether oxygens (including phenoxy) is 1. The molecule has 1 atom stereocenters. The molecule has 0 aliphatic heterocycles. The SMILES string of the molecule is COc1cc(C)cc2c1C(=O)CC(C)C2. The van der Waals surface area contributed by atoms with Crippen LogP contribution in [0.15, 0.2) is 12.1 Å². The molecule has 0 amide bonds. The highest BCUT2D eigenvalue weighted by atomic mass is 16.5. The van der Waals surface area contributed by atoms with Gasteiger partial charge in [-0.05, 0) is 36.5 Å². The Balaban J connectivity index is 2.58. The maximum absolute atomic E-state index is 11.9. The van der Waals surface area contributed by atoms with Gasteiger partial charge in [-0.15, -0.1) is 0 Å². The second-order valence-electron chi connectivity index (χ2n) is 4.44. The van der Waals surface area contributed by atoms with Gasteiger partial charge in [0.25, 0.3) is 0 Å². The molecular formula is C13H16O2. The normalized spacial score (nSPS) is 19.9. The molecule has 80 valence electrons. The zero-order chi connectivity index (χ0) is 11.0. The van der Waals surface area contributed by atoms with Crippen LogP contribution in [0.4, 0.5) is 0 Å². The van der Waals surface area contributed by atoms with Crippen molar-refractivity contribution in [1.82, 2.24) is 0 Å². The van der Waals surface area contributed by atoms with Crippen LogP contribution in [0, 0.1) is 12.8 Å². The van der Waals surface area contributed by atoms with E-state index in [4.69, 9.17) is 4.74 Å². The predicted molar refractivity (Wildman–Crippen MR) is 59.5 cm³/mol. The molecule has 0 saturated carbocycles. The van der Waals surface area contributed by atoms with Gasteiger partial charge in [0.2, 0.25) is 0 Å². The minimum absolute atomic E-state index is 0.223. The number of benzene rings is 1. The van der Waals surface area contributed by atoms with Crippen LogP contribution in [0.5, 0.6) is 5.75 Å². The van der Waals surface area contributed by atoms with E-state index >= 15 is 0 Å². The van der Waals surface area contributed by atoms with Crippen LogP contribution in [-0.2, 0) is 6.42 Å². The van der Waals surface area contributed by atoms with Gasteiger partial charge in [0.15, 0.2) is 5.78 Å². The smallest absolute Gasteiger partial charge is 0.167 e. The molecule has 1 aliphatic carbocycles. The number of hydrogen-bond acceptors (Lipinski definition) is 2. The van der Waals surface area contributed by atoms with E-state index in [1.165, 1.54) is 0 Å². The van der Waals surface area contributed by atoms with E-state index in [-0.39, 0.29) is 5.78 Å². The van der Waals surface area contributed by atoms with Crippen molar-refractivity contribution in [2.45, 2.75) is 26.7 Å². The molecule has 0 N–H and O–H groups in total. The molecule has 0 bridgehead atoms. The summed E-state index contributed by atoms with van der Waals surface area (Å²) in [5.74, 6) is 1.42. The Morgan fingerprint density at radius 3 is 2.73 bits per heavy atom. The Labute approximate surface area is 90.3 Å². The minimum Gasteiger partial charge on any atom is -0.496 e. The highest BCUT2D eigenvalue weighted by Gasteiger charge is 2.25. The van der Waals surface area contributed by atoms with Gasteiger partial charge in [0, 0.05) is 6.42 Å². The van der Waals surface area contributed by atoms with Crippen molar-refractivity contribution in [3.8, 4) is 5.75 Å². The fraction of sp³-hybridized carbons (Fsp3) is 0.462. The Hall–Kier alpha value is -1.31. The highest BCUT2D eigenvalue weighted by molar-refractivity contribution is 6.01. The first-order chi connectivity index (χ1) is 7.11. The molecule has 0 saturated heterocycles. The molecule has 1 aromatic carbocycles. The van der Waals surface area contributed by atoms with Gasteiger partial charge in [-0.3, -0.25) is 4.79 Å². The second kappa shape index (κ2) is 3.69. The summed E-state index contributed by atoms with van der Waals surface area (Å²) < 4.78 is 5.28. The standard InChI is InChI=1S/C13H16O2/c1-8-4-10-5-9(2)7-12(15-3)13(10)11(14)6-8/h5,7-8H,4,6H2,1-3H3. The summed E-state index contributed by atoms with van der Waals surface area (Å²) in [6, 6.07) is 4.04. The van der Waals surface area contributed by atoms with Gasteiger partial charge in [0.05, 0.1) is 12.7 Å². The Bertz CT molecular complexity index is 407. The fourth-order valence-electron chi connectivity index (χ4n) is 2.33. The van der Waals surface area contributed by atoms with Crippen LogP contribution in [0.2, 0.25) is 0 Å². The first-order valence-corrected chi connectivity index (χ1v) is 5.32. The highest BCUT2D eigenvalue weighted by Crippen LogP contribution is 2.32. The van der Waals surface area contributed by atoms with E-state index in [9.17, 15) is 4.79 Å². The number of Topliss-reactive ketones (excluding diaryl/α,β-unsaturated/α-hetero) is 1. The van der Waals surface area contributed by atoms with Crippen LogP contribution < -0.4 is 4.74 Å². The Kier molecular flexibility index (Phi) is 2.51. The van der Waals surface area contributed by atoms with Crippen molar-refractivity contribution in [3.05, 3.63) is 28.8 Å². The number of carbonyl (C=O) groups excluding carboxylic acids is 1. The molecule has 0 heterocycles. The molecule has 2 heteroatoms. The van der Waals surface area contributed by atoms with Crippen LogP contribution in [-0.4, -0.2) is 12.9 Å². The van der Waals surface area contributed by atoms with Gasteiger partial charge in [-0.25, -0.2) is 0 Å². The zero-order valence-electron chi connectivity index (χ0n) is 9.46. The van der Waals surface area contributed by atoms with E-state index in [2.05, 4.69) is 13.0 Å². The minimum atomic E-state index is 0.223. The Morgan fingerprint density at radius 1 is 1.33 bits per heavy atom. The van der Waals surface area contributed by atoms with Crippen molar-refractivity contribution < 1.29 is 9.53 Å². The summed E-state index contributed by atoms with van der Waals surface area (Å²) in [6.07, 6.45) is 1.63. The number of ketones is 1. The van der Waals surface area contributed by atoms with E-state index in [0.717, 1.165) is 28.9 Å². The van der Waals surface area contributed by atoms with Gasteiger partial charge in [0.1, 0.15) is 5.75 Å². The molecule has 0 spiro atoms. The van der Waals surface area contributed by atoms with Gasteiger partial charge in [-0.2, -0.15) is 0 Å². The second-order valence-corrected chi connectivity index (χ2v) is 4.44. The number of methoxy groups -OCH3 is 1. The fourth-order valence-corrected chi connectivity index (χ4v) is 2.33. The zero-order valence-corrected chi connectivity index (χ0v) is 9.46. The largest absolute Gasteiger partial charge is 0.496 e. The topological polar surface area (TPSA) is 26.3 Å². The van der Waals surface area contributed by atoms with Crippen molar-refractivity contribution in [1.29, 1.82) is 0 Å². The third-order valence-electron chi connectivity index (χ3n) is 2.93. The number of fused-ring (bicyclic) bond motifs is 1. The van der Waals surface area contributed by atoms with Crippen LogP contribution >= 0.6 is 0 Å². The third kappa shape index (κ3) is 1.76. The lowest BCUT2D eigenvalue weighted by Crippen LogP contribution is -2.19. The van der Waals surface area contributed by atoms with Crippen LogP contribution in [0.3, 0.4) is 0 Å². The molecule has 2 nitrogen and oxygen atoms in total. The van der Waals surface area contributed by atoms with Crippen molar-refractivity contribution in [2.24, 2.45) is 5.92 Å². The van der Waals surface area contributed by atoms with Crippen LogP contribution in [0.25, 0.3) is 0 Å². The van der Waals surface area contributed by atoms with E-state index < -0.39 is 0 Å². The summed E-state index contributed by atoms with van der Waals surface area (Å²) in [6.45, 7) is 4.15. The number of rotatable bonds is 1. The molecule has 0 aromatic heterocycles. The lowest BCUT2D eigenvalue weighted by Gasteiger charge is -2.22. The van der Waals surface area contributed by atoms with Crippen molar-refractivity contribution >= 4 is 5.78 Å². The van der Waals surface area contributed by atoms with Gasteiger partial charge >= 0.3 is 0 Å². The predicted octanol–water partition coefficient (Wildman–Crippen LogP) is 2.77. The first kappa shape index (κ1) is 10.2. The molecule has 0 fully saturated rings. The van der Waals surface area contributed by atoms with E-state index in [1.54, 1.807) is 7.11 Å². The van der Waals surface area contributed by atoms with Crippen molar-refractivity contribution in [2.75, 3.05) is 7.11 Å². The average Bonchev–Trinajstić information content (AvgIpc) is 2.14. The number of carbonyl (C=O) groups is 1. The van der Waals surface area contributed by atoms with Crippen molar-refractivity contribution in [3.63, 3.8) is 0 Å². The molecule has 1 aliphatic rings. The van der Waals surface area contributed by atoms with E-state index in [1.807, 2.05) is 13.0 Å². The monoisotopic (exact) mass is 204 g/mol. The quantitative estimate of drug-likeness (QED) is 0.703. The van der Waals surface area contributed by atoms with E-state index in [0.29, 0.717) is 12.3 Å². The maximum Gasteiger partial charge on any atom is 0.167 e. The summed E-state index contributed by atoms with van der Waals surface area (Å²) in [5, 5.41) is 0. The first-order valence-electron chi connectivity index (χ1n) is 5.32. The molecule has 1 aromatic rings. The maximum atomic E-state index is 11.9. The number of hydrogen-bond donors (Lipinski definition) is 0. The molecule has 0 radical (unpaired) electrons. The molecule has 2 rings (SSSR count). The Morgan fingerprint density at radius 2 is 2.07 bits per heavy atom. The van der Waals surface area contributed by atoms with Gasteiger partial charge < -0.3 is 4.74 Å². The third-order valence-corrected chi connectivity index (χ3v) is 2.93. The summed E-state index contributed by atoms with van der Waals surface area (Å²) in [7, 11) is 1.63. The summed E-state index contributed by atoms with van der Waals surface area (Å²) >= 11 is 0. The van der Waals surface area contributed by atoms with Gasteiger partial charge in [-0.1, -0.05) is 13.0 Å². The molecular weight excluding hydrogens is 188 g/mol. The molecule has 1 unspecified atom stereocenters. The van der Waals surface area contributed by atoms with Crippen LogP contribution in [0.1, 0.15) is 34.8 Å². The lowest BCUT2D eigenvalue weighted by atomic mass is 9.83.